The molecule has 1 fully saturated rings. The predicted octanol–water partition coefficient (Wildman–Crippen LogP) is 4.19. The van der Waals surface area contributed by atoms with E-state index in [-0.39, 0.29) is 0 Å². The van der Waals surface area contributed by atoms with Crippen molar-refractivity contribution in [2.45, 2.75) is 44.3 Å². The summed E-state index contributed by atoms with van der Waals surface area (Å²) in [6.07, 6.45) is 6.97. The molecule has 0 spiro atoms. The smallest absolute Gasteiger partial charge is 0.00608 e. The molecule has 0 amide bonds. The van der Waals surface area contributed by atoms with Crippen molar-refractivity contribution < 1.29 is 0 Å². The van der Waals surface area contributed by atoms with Crippen molar-refractivity contribution in [2.24, 2.45) is 5.92 Å². The number of nitrogens with one attached hydrogen (secondary N) is 1. The first-order chi connectivity index (χ1) is 8.84. The van der Waals surface area contributed by atoms with Crippen LogP contribution in [-0.4, -0.2) is 24.1 Å². The van der Waals surface area contributed by atoms with E-state index in [1.165, 1.54) is 50.0 Å². The Morgan fingerprint density at radius 2 is 2.33 bits per heavy atom. The summed E-state index contributed by atoms with van der Waals surface area (Å²) in [6, 6.07) is 2.23. The molecule has 1 aromatic rings. The summed E-state index contributed by atoms with van der Waals surface area (Å²) in [6.45, 7) is 4.70. The standard InChI is InChI=1S/C15H25NS2/c1-13-3-2-4-15(11-13)18-10-8-16-7-5-14-6-9-17-12-14/h6,9,12-13,15-16H,2-5,7-8,10-11H2,1H3. The lowest BCUT2D eigenvalue weighted by Gasteiger charge is -2.26. The van der Waals surface area contributed by atoms with Gasteiger partial charge in [0.05, 0.1) is 0 Å². The highest BCUT2D eigenvalue weighted by Crippen LogP contribution is 2.31. The van der Waals surface area contributed by atoms with Crippen LogP contribution in [0.3, 0.4) is 0 Å². The van der Waals surface area contributed by atoms with Crippen molar-refractivity contribution in [3.63, 3.8) is 0 Å². The van der Waals surface area contributed by atoms with Crippen LogP contribution in [0, 0.1) is 5.92 Å². The first kappa shape index (κ1) is 14.4. The average Bonchev–Trinajstić information content (AvgIpc) is 2.87. The van der Waals surface area contributed by atoms with Gasteiger partial charge < -0.3 is 5.32 Å². The van der Waals surface area contributed by atoms with Crippen LogP contribution in [0.4, 0.5) is 0 Å². The molecule has 1 N–H and O–H groups in total. The molecule has 0 aromatic carbocycles. The van der Waals surface area contributed by atoms with Gasteiger partial charge in [-0.2, -0.15) is 23.1 Å². The first-order valence-corrected chi connectivity index (χ1v) is 9.17. The zero-order chi connectivity index (χ0) is 12.6. The Bertz CT molecular complexity index is 310. The Kier molecular flexibility index (Phi) is 6.60. The molecule has 2 atom stereocenters. The topological polar surface area (TPSA) is 12.0 Å². The van der Waals surface area contributed by atoms with Crippen LogP contribution < -0.4 is 5.32 Å². The summed E-state index contributed by atoms with van der Waals surface area (Å²) >= 11 is 3.98. The molecular formula is C15H25NS2. The molecule has 1 heterocycles. The molecule has 1 aliphatic carbocycles. The molecule has 0 aliphatic heterocycles. The van der Waals surface area contributed by atoms with Crippen LogP contribution in [0.15, 0.2) is 16.8 Å². The molecule has 1 aromatic heterocycles. The zero-order valence-corrected chi connectivity index (χ0v) is 13.0. The van der Waals surface area contributed by atoms with E-state index >= 15 is 0 Å². The molecule has 3 heteroatoms. The van der Waals surface area contributed by atoms with Crippen LogP contribution in [0.25, 0.3) is 0 Å². The number of hydrogen-bond acceptors (Lipinski definition) is 3. The van der Waals surface area contributed by atoms with Crippen molar-refractivity contribution in [1.29, 1.82) is 0 Å². The fourth-order valence-electron chi connectivity index (χ4n) is 2.62. The van der Waals surface area contributed by atoms with Gasteiger partial charge in [0.1, 0.15) is 0 Å². The van der Waals surface area contributed by atoms with Crippen molar-refractivity contribution >= 4 is 23.1 Å². The quantitative estimate of drug-likeness (QED) is 0.753. The Balaban J connectivity index is 1.46. The SMILES string of the molecule is CC1CCCC(SCCNCCc2ccsc2)C1. The van der Waals surface area contributed by atoms with Crippen LogP contribution >= 0.6 is 23.1 Å². The monoisotopic (exact) mass is 283 g/mol. The lowest BCUT2D eigenvalue weighted by molar-refractivity contribution is 0.394. The van der Waals surface area contributed by atoms with E-state index in [4.69, 9.17) is 0 Å². The van der Waals surface area contributed by atoms with Crippen LogP contribution in [0.2, 0.25) is 0 Å². The molecule has 18 heavy (non-hydrogen) atoms. The van der Waals surface area contributed by atoms with E-state index in [1.54, 1.807) is 11.3 Å². The second kappa shape index (κ2) is 8.23. The minimum atomic E-state index is 0.937. The third kappa shape index (κ3) is 5.33. The minimum absolute atomic E-state index is 0.937. The van der Waals surface area contributed by atoms with Gasteiger partial charge in [-0.05, 0) is 54.1 Å². The van der Waals surface area contributed by atoms with Gasteiger partial charge in [0.25, 0.3) is 0 Å². The lowest BCUT2D eigenvalue weighted by atomic mass is 9.91. The van der Waals surface area contributed by atoms with Gasteiger partial charge in [0, 0.05) is 17.5 Å². The zero-order valence-electron chi connectivity index (χ0n) is 11.4. The molecule has 0 bridgehead atoms. The van der Waals surface area contributed by atoms with Gasteiger partial charge in [-0.25, -0.2) is 0 Å². The Hall–Kier alpha value is 0.01000. The number of thiophene rings is 1. The molecular weight excluding hydrogens is 258 g/mol. The molecule has 2 rings (SSSR count). The largest absolute Gasteiger partial charge is 0.316 e. The molecule has 0 saturated heterocycles. The van der Waals surface area contributed by atoms with E-state index in [0.717, 1.165) is 17.7 Å². The van der Waals surface area contributed by atoms with E-state index in [1.807, 2.05) is 0 Å². The van der Waals surface area contributed by atoms with Crippen LogP contribution in [0.1, 0.15) is 38.2 Å². The fourth-order valence-corrected chi connectivity index (χ4v) is 4.72. The summed E-state index contributed by atoms with van der Waals surface area (Å²) in [5.74, 6) is 2.24. The van der Waals surface area contributed by atoms with Gasteiger partial charge in [0.2, 0.25) is 0 Å². The number of hydrogen-bond donors (Lipinski definition) is 1. The summed E-state index contributed by atoms with van der Waals surface area (Å²) in [7, 11) is 0. The molecule has 1 aliphatic rings. The molecule has 1 saturated carbocycles. The van der Waals surface area contributed by atoms with Gasteiger partial charge in [-0.15, -0.1) is 0 Å². The molecule has 102 valence electrons. The lowest BCUT2D eigenvalue weighted by Crippen LogP contribution is -2.22. The highest BCUT2D eigenvalue weighted by molar-refractivity contribution is 7.99. The normalized spacial score (nSPS) is 24.3. The molecule has 0 radical (unpaired) electrons. The van der Waals surface area contributed by atoms with Gasteiger partial charge >= 0.3 is 0 Å². The highest BCUT2D eigenvalue weighted by Gasteiger charge is 2.18. The van der Waals surface area contributed by atoms with Gasteiger partial charge in [-0.3, -0.25) is 0 Å². The maximum atomic E-state index is 3.56. The maximum absolute atomic E-state index is 3.56. The molecule has 2 unspecified atom stereocenters. The number of rotatable bonds is 7. The summed E-state index contributed by atoms with van der Waals surface area (Å²) in [4.78, 5) is 0. The Morgan fingerprint density at radius 1 is 1.39 bits per heavy atom. The van der Waals surface area contributed by atoms with Crippen molar-refractivity contribution in [3.8, 4) is 0 Å². The highest BCUT2D eigenvalue weighted by atomic mass is 32.2. The van der Waals surface area contributed by atoms with Crippen molar-refractivity contribution in [3.05, 3.63) is 22.4 Å². The fraction of sp³-hybridized carbons (Fsp3) is 0.733. The maximum Gasteiger partial charge on any atom is 0.00608 e. The third-order valence-electron chi connectivity index (χ3n) is 3.69. The van der Waals surface area contributed by atoms with Crippen molar-refractivity contribution in [2.75, 3.05) is 18.8 Å². The van der Waals surface area contributed by atoms with E-state index in [2.05, 4.69) is 40.8 Å². The summed E-state index contributed by atoms with van der Waals surface area (Å²) < 4.78 is 0. The summed E-state index contributed by atoms with van der Waals surface area (Å²) in [5, 5.41) is 8.91. The summed E-state index contributed by atoms with van der Waals surface area (Å²) in [5.41, 5.74) is 1.47. The van der Waals surface area contributed by atoms with Crippen LogP contribution in [-0.2, 0) is 6.42 Å². The minimum Gasteiger partial charge on any atom is -0.316 e. The second-order valence-electron chi connectivity index (χ2n) is 5.40. The first-order valence-electron chi connectivity index (χ1n) is 7.18. The van der Waals surface area contributed by atoms with Crippen molar-refractivity contribution in [1.82, 2.24) is 5.32 Å². The van der Waals surface area contributed by atoms with Crippen LogP contribution in [0.5, 0.6) is 0 Å². The molecule has 1 nitrogen and oxygen atoms in total. The second-order valence-corrected chi connectivity index (χ2v) is 7.58. The van der Waals surface area contributed by atoms with E-state index in [0.29, 0.717) is 0 Å². The predicted molar refractivity (Wildman–Crippen MR) is 84.8 cm³/mol. The third-order valence-corrected chi connectivity index (χ3v) is 5.76. The average molecular weight is 284 g/mol. The van der Waals surface area contributed by atoms with Gasteiger partial charge in [-0.1, -0.05) is 19.8 Å². The number of thioether (sulfide) groups is 1. The Labute approximate surface area is 120 Å². The van der Waals surface area contributed by atoms with E-state index in [9.17, 15) is 0 Å². The van der Waals surface area contributed by atoms with E-state index < -0.39 is 0 Å². The Morgan fingerprint density at radius 3 is 3.11 bits per heavy atom. The van der Waals surface area contributed by atoms with Gasteiger partial charge in [0.15, 0.2) is 0 Å².